The zero-order valence-electron chi connectivity index (χ0n) is 20.1. The summed E-state index contributed by atoms with van der Waals surface area (Å²) in [5.74, 6) is 1.71. The van der Waals surface area contributed by atoms with Gasteiger partial charge in [-0.3, -0.25) is 4.79 Å². The van der Waals surface area contributed by atoms with Crippen LogP contribution in [-0.2, 0) is 0 Å². The van der Waals surface area contributed by atoms with Crippen molar-refractivity contribution in [2.45, 2.75) is 19.8 Å². The average molecular weight is 467 g/mol. The van der Waals surface area contributed by atoms with Crippen molar-refractivity contribution in [3.63, 3.8) is 0 Å². The first-order valence-corrected chi connectivity index (χ1v) is 12.3. The lowest BCUT2D eigenvalue weighted by Gasteiger charge is -2.35. The summed E-state index contributed by atoms with van der Waals surface area (Å²) in [7, 11) is 0. The normalized spacial score (nSPS) is 13.7. The van der Waals surface area contributed by atoms with E-state index in [1.165, 1.54) is 10.8 Å². The molecule has 1 saturated heterocycles. The molecule has 6 nitrogen and oxygen atoms in total. The number of ether oxygens (including phenoxy) is 1. The van der Waals surface area contributed by atoms with Crippen molar-refractivity contribution in [2.75, 3.05) is 37.7 Å². The number of hydrogen-bond acceptors (Lipinski definition) is 5. The van der Waals surface area contributed by atoms with E-state index >= 15 is 0 Å². The molecule has 178 valence electrons. The maximum atomic E-state index is 12.9. The van der Waals surface area contributed by atoms with Crippen molar-refractivity contribution in [1.82, 2.24) is 15.1 Å². The van der Waals surface area contributed by atoms with Gasteiger partial charge in [0.1, 0.15) is 5.75 Å². The van der Waals surface area contributed by atoms with E-state index in [4.69, 9.17) is 4.74 Å². The van der Waals surface area contributed by atoms with Gasteiger partial charge in [-0.15, -0.1) is 10.2 Å². The van der Waals surface area contributed by atoms with Crippen LogP contribution in [0, 0.1) is 0 Å². The Bertz CT molecular complexity index is 1280. The monoisotopic (exact) mass is 466 g/mol. The van der Waals surface area contributed by atoms with Crippen LogP contribution in [0.15, 0.2) is 78.9 Å². The van der Waals surface area contributed by atoms with Crippen LogP contribution >= 0.6 is 0 Å². The Morgan fingerprint density at radius 3 is 2.34 bits per heavy atom. The molecule has 0 bridgehead atoms. The summed E-state index contributed by atoms with van der Waals surface area (Å²) < 4.78 is 5.70. The maximum absolute atomic E-state index is 12.9. The highest BCUT2D eigenvalue weighted by molar-refractivity contribution is 5.94. The molecule has 0 saturated carbocycles. The minimum atomic E-state index is 0.0579. The Hall–Kier alpha value is -3.93. The van der Waals surface area contributed by atoms with E-state index in [1.807, 2.05) is 53.4 Å². The number of anilines is 1. The number of rotatable bonds is 7. The topological polar surface area (TPSA) is 58.6 Å². The Balaban J connectivity index is 1.18. The highest BCUT2D eigenvalue weighted by atomic mass is 16.5. The third-order valence-electron chi connectivity index (χ3n) is 6.45. The largest absolute Gasteiger partial charge is 0.494 e. The van der Waals surface area contributed by atoms with Crippen molar-refractivity contribution in [1.29, 1.82) is 0 Å². The van der Waals surface area contributed by atoms with E-state index in [0.29, 0.717) is 25.3 Å². The lowest BCUT2D eigenvalue weighted by atomic mass is 10.1. The lowest BCUT2D eigenvalue weighted by Crippen LogP contribution is -2.49. The number of piperazine rings is 1. The average Bonchev–Trinajstić information content (AvgIpc) is 2.93. The van der Waals surface area contributed by atoms with Crippen molar-refractivity contribution in [3.05, 3.63) is 84.4 Å². The fourth-order valence-corrected chi connectivity index (χ4v) is 4.35. The van der Waals surface area contributed by atoms with Crippen LogP contribution in [0.5, 0.6) is 5.75 Å². The molecule has 3 aromatic carbocycles. The van der Waals surface area contributed by atoms with Crippen LogP contribution in [0.3, 0.4) is 0 Å². The molecule has 0 unspecified atom stereocenters. The molecule has 35 heavy (non-hydrogen) atoms. The van der Waals surface area contributed by atoms with Gasteiger partial charge in [-0.05, 0) is 59.7 Å². The van der Waals surface area contributed by atoms with Gasteiger partial charge >= 0.3 is 0 Å². The van der Waals surface area contributed by atoms with E-state index in [0.717, 1.165) is 48.8 Å². The van der Waals surface area contributed by atoms with Gasteiger partial charge < -0.3 is 14.5 Å². The Morgan fingerprint density at radius 2 is 1.63 bits per heavy atom. The molecule has 5 rings (SSSR count). The van der Waals surface area contributed by atoms with Crippen molar-refractivity contribution >= 4 is 22.5 Å². The number of hydrogen-bond donors (Lipinski definition) is 0. The predicted octanol–water partition coefficient (Wildman–Crippen LogP) is 5.44. The molecule has 1 aliphatic rings. The van der Waals surface area contributed by atoms with E-state index in [1.54, 1.807) is 0 Å². The fraction of sp³-hybridized carbons (Fsp3) is 0.276. The van der Waals surface area contributed by atoms with E-state index in [9.17, 15) is 4.79 Å². The number of aromatic nitrogens is 2. The molecule has 0 spiro atoms. The number of nitrogens with zero attached hydrogens (tertiary/aromatic N) is 4. The first-order valence-electron chi connectivity index (χ1n) is 12.3. The zero-order valence-corrected chi connectivity index (χ0v) is 20.1. The van der Waals surface area contributed by atoms with Crippen LogP contribution in [0.1, 0.15) is 30.1 Å². The third kappa shape index (κ3) is 5.27. The van der Waals surface area contributed by atoms with Gasteiger partial charge in [-0.2, -0.15) is 0 Å². The van der Waals surface area contributed by atoms with Crippen LogP contribution in [-0.4, -0.2) is 53.8 Å². The second kappa shape index (κ2) is 10.6. The molecule has 0 N–H and O–H groups in total. The van der Waals surface area contributed by atoms with Crippen molar-refractivity contribution in [2.24, 2.45) is 0 Å². The van der Waals surface area contributed by atoms with Gasteiger partial charge in [0.15, 0.2) is 5.82 Å². The van der Waals surface area contributed by atoms with Gasteiger partial charge in [0.05, 0.1) is 12.3 Å². The Kier molecular flexibility index (Phi) is 6.89. The zero-order chi connectivity index (χ0) is 24.0. The second-order valence-electron chi connectivity index (χ2n) is 8.84. The molecule has 4 aromatic rings. The first kappa shape index (κ1) is 22.8. The molecule has 0 aliphatic carbocycles. The predicted molar refractivity (Wildman–Crippen MR) is 140 cm³/mol. The highest BCUT2D eigenvalue weighted by Crippen LogP contribution is 2.24. The number of carbonyl (C=O) groups excluding carboxylic acids is 1. The minimum Gasteiger partial charge on any atom is -0.494 e. The second-order valence-corrected chi connectivity index (χ2v) is 8.84. The number of unbranched alkanes of at least 4 members (excludes halogenated alkanes) is 1. The molecule has 0 atom stereocenters. The van der Waals surface area contributed by atoms with E-state index in [-0.39, 0.29) is 5.91 Å². The van der Waals surface area contributed by atoms with Crippen LogP contribution in [0.25, 0.3) is 22.0 Å². The summed E-state index contributed by atoms with van der Waals surface area (Å²) in [6, 6.07) is 26.2. The minimum absolute atomic E-state index is 0.0579. The van der Waals surface area contributed by atoms with Crippen molar-refractivity contribution in [3.8, 4) is 17.0 Å². The third-order valence-corrected chi connectivity index (χ3v) is 6.45. The molecule has 1 aromatic heterocycles. The van der Waals surface area contributed by atoms with Crippen LogP contribution in [0.4, 0.5) is 5.82 Å². The molecule has 6 heteroatoms. The highest BCUT2D eigenvalue weighted by Gasteiger charge is 2.23. The molecule has 1 aliphatic heterocycles. The lowest BCUT2D eigenvalue weighted by molar-refractivity contribution is 0.0746. The van der Waals surface area contributed by atoms with Crippen molar-refractivity contribution < 1.29 is 9.53 Å². The smallest absolute Gasteiger partial charge is 0.253 e. The summed E-state index contributed by atoms with van der Waals surface area (Å²) in [5.41, 5.74) is 2.61. The molecular weight excluding hydrogens is 436 g/mol. The van der Waals surface area contributed by atoms with E-state index < -0.39 is 0 Å². The fourth-order valence-electron chi connectivity index (χ4n) is 4.35. The first-order chi connectivity index (χ1) is 17.2. The summed E-state index contributed by atoms with van der Waals surface area (Å²) in [5, 5.41) is 11.4. The Labute approximate surface area is 206 Å². The number of fused-ring (bicyclic) bond motifs is 1. The molecule has 2 heterocycles. The molecule has 0 radical (unpaired) electrons. The quantitative estimate of drug-likeness (QED) is 0.340. The number of carbonyl (C=O) groups is 1. The van der Waals surface area contributed by atoms with Gasteiger partial charge in [-0.1, -0.05) is 49.7 Å². The Morgan fingerprint density at radius 1 is 0.857 bits per heavy atom. The van der Waals surface area contributed by atoms with Crippen LogP contribution < -0.4 is 9.64 Å². The van der Waals surface area contributed by atoms with Gasteiger partial charge in [0, 0.05) is 37.3 Å². The van der Waals surface area contributed by atoms with Gasteiger partial charge in [-0.25, -0.2) is 0 Å². The summed E-state index contributed by atoms with van der Waals surface area (Å²) in [4.78, 5) is 17.0. The van der Waals surface area contributed by atoms with Gasteiger partial charge in [0.2, 0.25) is 0 Å². The summed E-state index contributed by atoms with van der Waals surface area (Å²) >= 11 is 0. The maximum Gasteiger partial charge on any atom is 0.253 e. The number of benzene rings is 3. The summed E-state index contributed by atoms with van der Waals surface area (Å²) in [6.45, 7) is 5.61. The van der Waals surface area contributed by atoms with Gasteiger partial charge in [0.25, 0.3) is 5.91 Å². The number of amides is 1. The standard InChI is InChI=1S/C29H30N4O2/c1-2-3-20-35-26-12-10-23(11-13-26)29(34)33-18-16-32(17-19-33)28-15-14-27(30-31-28)25-9-8-22-6-4-5-7-24(22)21-25/h4-15,21H,2-3,16-20H2,1H3. The van der Waals surface area contributed by atoms with Crippen LogP contribution in [0.2, 0.25) is 0 Å². The van der Waals surface area contributed by atoms with E-state index in [2.05, 4.69) is 52.4 Å². The molecular formula is C29H30N4O2. The molecule has 1 amide bonds. The summed E-state index contributed by atoms with van der Waals surface area (Å²) in [6.07, 6.45) is 2.13. The molecule has 1 fully saturated rings. The SMILES string of the molecule is CCCCOc1ccc(C(=O)N2CCN(c3ccc(-c4ccc5ccccc5c4)nn3)CC2)cc1.